The second kappa shape index (κ2) is 5.36. The molecule has 0 aromatic heterocycles. The summed E-state index contributed by atoms with van der Waals surface area (Å²) >= 11 is 0. The maximum absolute atomic E-state index is 11.0. The summed E-state index contributed by atoms with van der Waals surface area (Å²) in [4.78, 5) is 11.0. The van der Waals surface area contributed by atoms with E-state index in [1.165, 1.54) is 0 Å². The molecule has 92 valence electrons. The van der Waals surface area contributed by atoms with Gasteiger partial charge in [0.05, 0.1) is 19.8 Å². The Morgan fingerprint density at radius 1 is 0.889 bits per heavy atom. The second-order valence-electron chi connectivity index (χ2n) is 3.80. The number of hydrogen-bond donors (Lipinski definition) is 0. The summed E-state index contributed by atoms with van der Waals surface area (Å²) in [7, 11) is 3.18. The molecule has 0 atom stereocenters. The van der Waals surface area contributed by atoms with Crippen molar-refractivity contribution in [3.05, 3.63) is 48.0 Å². The third-order valence-electron chi connectivity index (χ3n) is 2.78. The topological polar surface area (TPSA) is 35.5 Å². The highest BCUT2D eigenvalue weighted by molar-refractivity contribution is 5.83. The molecule has 0 unspecified atom stereocenters. The molecule has 0 N–H and O–H groups in total. The summed E-state index contributed by atoms with van der Waals surface area (Å²) in [5.41, 5.74) is 2.55. The van der Waals surface area contributed by atoms with E-state index in [-0.39, 0.29) is 0 Å². The lowest BCUT2D eigenvalue weighted by Gasteiger charge is -2.07. The van der Waals surface area contributed by atoms with Crippen LogP contribution in [0.3, 0.4) is 0 Å². The van der Waals surface area contributed by atoms with Crippen LogP contribution in [0, 0.1) is 0 Å². The first-order chi connectivity index (χ1) is 8.78. The van der Waals surface area contributed by atoms with Crippen LogP contribution in [-0.4, -0.2) is 20.5 Å². The molecule has 0 aliphatic carbocycles. The van der Waals surface area contributed by atoms with E-state index in [1.54, 1.807) is 20.3 Å². The van der Waals surface area contributed by atoms with Crippen molar-refractivity contribution in [3.63, 3.8) is 0 Å². The van der Waals surface area contributed by atoms with Crippen molar-refractivity contribution in [1.29, 1.82) is 0 Å². The third kappa shape index (κ3) is 2.35. The molecule has 0 bridgehead atoms. The lowest BCUT2D eigenvalue weighted by molar-refractivity contribution is 0.112. The van der Waals surface area contributed by atoms with E-state index in [2.05, 4.69) is 0 Å². The molecular weight excluding hydrogens is 228 g/mol. The number of carbonyl (C=O) groups is 1. The van der Waals surface area contributed by atoms with Crippen LogP contribution < -0.4 is 9.47 Å². The van der Waals surface area contributed by atoms with Gasteiger partial charge in [0.2, 0.25) is 0 Å². The standard InChI is InChI=1S/C15H14O3/c1-17-14-6-3-11(4-7-14)12-5-8-15(18-2)13(9-12)10-16/h3-10H,1-2H3. The van der Waals surface area contributed by atoms with Gasteiger partial charge in [0, 0.05) is 0 Å². The number of carbonyl (C=O) groups excluding carboxylic acids is 1. The van der Waals surface area contributed by atoms with E-state index in [1.807, 2.05) is 36.4 Å². The summed E-state index contributed by atoms with van der Waals surface area (Å²) in [6, 6.07) is 13.2. The molecule has 0 heterocycles. The van der Waals surface area contributed by atoms with E-state index in [9.17, 15) is 4.79 Å². The van der Waals surface area contributed by atoms with E-state index in [0.29, 0.717) is 11.3 Å². The van der Waals surface area contributed by atoms with Crippen LogP contribution in [0.5, 0.6) is 11.5 Å². The lowest BCUT2D eigenvalue weighted by atomic mass is 10.0. The zero-order chi connectivity index (χ0) is 13.0. The lowest BCUT2D eigenvalue weighted by Crippen LogP contribution is -1.91. The first-order valence-electron chi connectivity index (χ1n) is 5.56. The molecular formula is C15H14O3. The van der Waals surface area contributed by atoms with E-state index in [0.717, 1.165) is 23.2 Å². The van der Waals surface area contributed by atoms with Crippen LogP contribution in [0.4, 0.5) is 0 Å². The summed E-state index contributed by atoms with van der Waals surface area (Å²) in [6.07, 6.45) is 0.797. The van der Waals surface area contributed by atoms with Crippen LogP contribution >= 0.6 is 0 Å². The summed E-state index contributed by atoms with van der Waals surface area (Å²) in [5.74, 6) is 1.39. The van der Waals surface area contributed by atoms with E-state index >= 15 is 0 Å². The minimum absolute atomic E-state index is 0.547. The van der Waals surface area contributed by atoms with E-state index < -0.39 is 0 Å². The quantitative estimate of drug-likeness (QED) is 0.772. The summed E-state index contributed by atoms with van der Waals surface area (Å²) < 4.78 is 10.2. The molecule has 0 radical (unpaired) electrons. The first-order valence-corrected chi connectivity index (χ1v) is 5.56. The van der Waals surface area contributed by atoms with Gasteiger partial charge in [0.15, 0.2) is 6.29 Å². The molecule has 2 rings (SSSR count). The van der Waals surface area contributed by atoms with Crippen molar-refractivity contribution in [1.82, 2.24) is 0 Å². The van der Waals surface area contributed by atoms with Gasteiger partial charge in [0.25, 0.3) is 0 Å². The molecule has 0 aliphatic rings. The largest absolute Gasteiger partial charge is 0.497 e. The Labute approximate surface area is 106 Å². The second-order valence-corrected chi connectivity index (χ2v) is 3.80. The van der Waals surface area contributed by atoms with Gasteiger partial charge < -0.3 is 9.47 Å². The minimum atomic E-state index is 0.547. The van der Waals surface area contributed by atoms with Crippen molar-refractivity contribution in [2.75, 3.05) is 14.2 Å². The Kier molecular flexibility index (Phi) is 3.63. The van der Waals surface area contributed by atoms with Gasteiger partial charge in [-0.05, 0) is 35.4 Å². The van der Waals surface area contributed by atoms with Crippen molar-refractivity contribution in [2.24, 2.45) is 0 Å². The zero-order valence-corrected chi connectivity index (χ0v) is 10.3. The van der Waals surface area contributed by atoms with Gasteiger partial charge >= 0.3 is 0 Å². The van der Waals surface area contributed by atoms with Crippen molar-refractivity contribution >= 4 is 6.29 Å². The van der Waals surface area contributed by atoms with Crippen LogP contribution in [0.15, 0.2) is 42.5 Å². The fourth-order valence-electron chi connectivity index (χ4n) is 1.79. The van der Waals surface area contributed by atoms with Crippen molar-refractivity contribution in [3.8, 4) is 22.6 Å². The van der Waals surface area contributed by atoms with Crippen LogP contribution in [0.1, 0.15) is 10.4 Å². The van der Waals surface area contributed by atoms with Gasteiger partial charge in [-0.3, -0.25) is 4.79 Å². The smallest absolute Gasteiger partial charge is 0.153 e. The molecule has 3 heteroatoms. The fraction of sp³-hybridized carbons (Fsp3) is 0.133. The van der Waals surface area contributed by atoms with Gasteiger partial charge in [-0.25, -0.2) is 0 Å². The number of ether oxygens (including phenoxy) is 2. The highest BCUT2D eigenvalue weighted by atomic mass is 16.5. The highest BCUT2D eigenvalue weighted by Crippen LogP contribution is 2.26. The molecule has 0 spiro atoms. The predicted molar refractivity (Wildman–Crippen MR) is 70.4 cm³/mol. The Morgan fingerprint density at radius 2 is 1.56 bits per heavy atom. The molecule has 3 nitrogen and oxygen atoms in total. The Balaban J connectivity index is 2.40. The molecule has 0 amide bonds. The maximum atomic E-state index is 11.0. The van der Waals surface area contributed by atoms with Gasteiger partial charge in [-0.15, -0.1) is 0 Å². The first kappa shape index (κ1) is 12.2. The number of benzene rings is 2. The van der Waals surface area contributed by atoms with Crippen molar-refractivity contribution in [2.45, 2.75) is 0 Å². The Bertz CT molecular complexity index is 544. The number of aldehydes is 1. The minimum Gasteiger partial charge on any atom is -0.497 e. The molecule has 2 aromatic rings. The highest BCUT2D eigenvalue weighted by Gasteiger charge is 2.05. The summed E-state index contributed by atoms with van der Waals surface area (Å²) in [5, 5.41) is 0. The molecule has 0 saturated carbocycles. The third-order valence-corrected chi connectivity index (χ3v) is 2.78. The maximum Gasteiger partial charge on any atom is 0.153 e. The zero-order valence-electron chi connectivity index (χ0n) is 10.3. The summed E-state index contributed by atoms with van der Waals surface area (Å²) in [6.45, 7) is 0. The average Bonchev–Trinajstić information content (AvgIpc) is 2.46. The van der Waals surface area contributed by atoms with Crippen LogP contribution in [0.2, 0.25) is 0 Å². The average molecular weight is 242 g/mol. The molecule has 18 heavy (non-hydrogen) atoms. The normalized spacial score (nSPS) is 9.89. The number of methoxy groups -OCH3 is 2. The monoisotopic (exact) mass is 242 g/mol. The van der Waals surface area contributed by atoms with Gasteiger partial charge in [0.1, 0.15) is 11.5 Å². The Hall–Kier alpha value is -2.29. The Morgan fingerprint density at radius 3 is 2.11 bits per heavy atom. The molecule has 0 fully saturated rings. The number of rotatable bonds is 4. The number of hydrogen-bond acceptors (Lipinski definition) is 3. The molecule has 2 aromatic carbocycles. The van der Waals surface area contributed by atoms with E-state index in [4.69, 9.17) is 9.47 Å². The van der Waals surface area contributed by atoms with Gasteiger partial charge in [-0.2, -0.15) is 0 Å². The van der Waals surface area contributed by atoms with Crippen molar-refractivity contribution < 1.29 is 14.3 Å². The molecule has 0 saturated heterocycles. The van der Waals surface area contributed by atoms with Crippen LogP contribution in [-0.2, 0) is 0 Å². The van der Waals surface area contributed by atoms with Crippen LogP contribution in [0.25, 0.3) is 11.1 Å². The fourth-order valence-corrected chi connectivity index (χ4v) is 1.79. The SMILES string of the molecule is COc1ccc(-c2ccc(OC)c(C=O)c2)cc1. The van der Waals surface area contributed by atoms with Gasteiger partial charge in [-0.1, -0.05) is 18.2 Å². The molecule has 0 aliphatic heterocycles. The predicted octanol–water partition coefficient (Wildman–Crippen LogP) is 3.18.